The minimum atomic E-state index is -0.433. The quantitative estimate of drug-likeness (QED) is 0.678. The molecule has 0 saturated carbocycles. The first-order valence-electron chi connectivity index (χ1n) is 7.66. The van der Waals surface area contributed by atoms with E-state index in [9.17, 15) is 5.11 Å². The topological polar surface area (TPSA) is 46.2 Å². The zero-order chi connectivity index (χ0) is 15.3. The van der Waals surface area contributed by atoms with Gasteiger partial charge in [0.1, 0.15) is 0 Å². The second kappa shape index (κ2) is 11.1. The van der Waals surface area contributed by atoms with Gasteiger partial charge in [-0.3, -0.25) is 0 Å². The Morgan fingerprint density at radius 1 is 1.10 bits per heavy atom. The van der Waals surface area contributed by atoms with Crippen molar-refractivity contribution in [1.29, 1.82) is 0 Å². The lowest BCUT2D eigenvalue weighted by Gasteiger charge is -2.17. The summed E-state index contributed by atoms with van der Waals surface area (Å²) in [6.45, 7) is 1.98. The lowest BCUT2D eigenvalue weighted by atomic mass is 10.0. The third-order valence-electron chi connectivity index (χ3n) is 3.37. The molecule has 21 heavy (non-hydrogen) atoms. The maximum absolute atomic E-state index is 10.0. The molecule has 114 valence electrons. The lowest BCUT2D eigenvalue weighted by molar-refractivity contribution is 0.133. The molecule has 0 aliphatic carbocycles. The number of benzene rings is 1. The second-order valence-electron chi connectivity index (χ2n) is 5.18. The smallest absolute Gasteiger partial charge is 0.0694 e. The maximum Gasteiger partial charge on any atom is 0.0694 e. The Morgan fingerprint density at radius 2 is 1.81 bits per heavy atom. The van der Waals surface area contributed by atoms with E-state index in [0.717, 1.165) is 19.3 Å². The van der Waals surface area contributed by atoms with Crippen molar-refractivity contribution in [1.82, 2.24) is 0 Å². The van der Waals surface area contributed by atoms with E-state index < -0.39 is 6.10 Å². The molecule has 1 aromatic carbocycles. The highest BCUT2D eigenvalue weighted by atomic mass is 16.3. The van der Waals surface area contributed by atoms with Gasteiger partial charge in [0, 0.05) is 6.04 Å². The van der Waals surface area contributed by atoms with Crippen LogP contribution in [0.3, 0.4) is 0 Å². The number of hydrogen-bond acceptors (Lipinski definition) is 2. The summed E-state index contributed by atoms with van der Waals surface area (Å²) in [4.78, 5) is 0. The lowest BCUT2D eigenvalue weighted by Crippen LogP contribution is -2.34. The third-order valence-corrected chi connectivity index (χ3v) is 3.37. The molecule has 2 nitrogen and oxygen atoms in total. The van der Waals surface area contributed by atoms with Crippen LogP contribution in [0.4, 0.5) is 0 Å². The van der Waals surface area contributed by atoms with Crippen LogP contribution in [0.2, 0.25) is 0 Å². The normalized spacial score (nSPS) is 15.2. The average Bonchev–Trinajstić information content (AvgIpc) is 2.51. The van der Waals surface area contributed by atoms with E-state index in [1.165, 1.54) is 5.56 Å². The molecule has 0 spiro atoms. The van der Waals surface area contributed by atoms with E-state index in [0.29, 0.717) is 6.42 Å². The molecule has 0 bridgehead atoms. The summed E-state index contributed by atoms with van der Waals surface area (Å²) in [7, 11) is 0. The first-order valence-corrected chi connectivity index (χ1v) is 7.66. The van der Waals surface area contributed by atoms with Crippen molar-refractivity contribution < 1.29 is 5.11 Å². The first-order chi connectivity index (χ1) is 10.2. The number of rotatable bonds is 9. The summed E-state index contributed by atoms with van der Waals surface area (Å²) in [6.07, 6.45) is 14.8. The van der Waals surface area contributed by atoms with Crippen molar-refractivity contribution in [3.05, 3.63) is 72.4 Å². The zero-order valence-electron chi connectivity index (χ0n) is 12.9. The first kappa shape index (κ1) is 17.4. The SMILES string of the molecule is C\C=C/C=C\C=C\CC(N)C(O)CCCc1ccccc1. The largest absolute Gasteiger partial charge is 0.392 e. The number of aliphatic hydroxyl groups excluding tert-OH is 1. The van der Waals surface area contributed by atoms with E-state index in [4.69, 9.17) is 5.73 Å². The molecular weight excluding hydrogens is 258 g/mol. The van der Waals surface area contributed by atoms with Crippen LogP contribution in [0.15, 0.2) is 66.8 Å². The van der Waals surface area contributed by atoms with Gasteiger partial charge in [-0.15, -0.1) is 0 Å². The number of aryl methyl sites for hydroxylation is 1. The Labute approximate surface area is 128 Å². The number of aliphatic hydroxyl groups is 1. The van der Waals surface area contributed by atoms with Crippen molar-refractivity contribution in [2.45, 2.75) is 44.8 Å². The predicted molar refractivity (Wildman–Crippen MR) is 91.1 cm³/mol. The second-order valence-corrected chi connectivity index (χ2v) is 5.18. The van der Waals surface area contributed by atoms with Gasteiger partial charge in [0.25, 0.3) is 0 Å². The fourth-order valence-corrected chi connectivity index (χ4v) is 2.08. The van der Waals surface area contributed by atoms with Gasteiger partial charge in [-0.25, -0.2) is 0 Å². The van der Waals surface area contributed by atoms with Gasteiger partial charge in [-0.05, 0) is 38.2 Å². The molecule has 2 heteroatoms. The maximum atomic E-state index is 10.0. The molecule has 0 aliphatic rings. The number of nitrogens with two attached hydrogens (primary N) is 1. The Kier molecular flexibility index (Phi) is 9.18. The van der Waals surface area contributed by atoms with Gasteiger partial charge in [0.15, 0.2) is 0 Å². The van der Waals surface area contributed by atoms with E-state index >= 15 is 0 Å². The van der Waals surface area contributed by atoms with Crippen molar-refractivity contribution >= 4 is 0 Å². The molecule has 0 aliphatic heterocycles. The summed E-state index contributed by atoms with van der Waals surface area (Å²) < 4.78 is 0. The average molecular weight is 285 g/mol. The van der Waals surface area contributed by atoms with Crippen LogP contribution in [-0.2, 0) is 6.42 Å². The Balaban J connectivity index is 2.20. The van der Waals surface area contributed by atoms with Crippen molar-refractivity contribution in [2.24, 2.45) is 5.73 Å². The van der Waals surface area contributed by atoms with Crippen LogP contribution < -0.4 is 5.73 Å². The third kappa shape index (κ3) is 8.28. The van der Waals surface area contributed by atoms with E-state index in [2.05, 4.69) is 12.1 Å². The van der Waals surface area contributed by atoms with Gasteiger partial charge >= 0.3 is 0 Å². The molecule has 1 rings (SSSR count). The summed E-state index contributed by atoms with van der Waals surface area (Å²) in [5, 5.41) is 10.0. The zero-order valence-corrected chi connectivity index (χ0v) is 12.9. The van der Waals surface area contributed by atoms with Crippen LogP contribution in [0, 0.1) is 0 Å². The standard InChI is InChI=1S/C19H27NO/c1-2-3-4-5-6-10-15-18(20)19(21)16-11-14-17-12-8-7-9-13-17/h2-10,12-13,18-19,21H,11,14-16,20H2,1H3/b3-2-,5-4-,10-6+. The molecule has 0 aromatic heterocycles. The van der Waals surface area contributed by atoms with Gasteiger partial charge in [-0.2, -0.15) is 0 Å². The minimum absolute atomic E-state index is 0.188. The van der Waals surface area contributed by atoms with Crippen LogP contribution in [0.25, 0.3) is 0 Å². The highest BCUT2D eigenvalue weighted by molar-refractivity contribution is 5.14. The molecular formula is C19H27NO. The van der Waals surface area contributed by atoms with E-state index in [1.54, 1.807) is 0 Å². The van der Waals surface area contributed by atoms with Gasteiger partial charge < -0.3 is 10.8 Å². The van der Waals surface area contributed by atoms with Crippen molar-refractivity contribution in [3.63, 3.8) is 0 Å². The molecule has 0 amide bonds. The fraction of sp³-hybridized carbons (Fsp3) is 0.368. The summed E-state index contributed by atoms with van der Waals surface area (Å²) in [6, 6.07) is 10.2. The summed E-state index contributed by atoms with van der Waals surface area (Å²) in [5.41, 5.74) is 7.31. The Hall–Kier alpha value is -1.64. The van der Waals surface area contributed by atoms with E-state index in [-0.39, 0.29) is 6.04 Å². The van der Waals surface area contributed by atoms with Gasteiger partial charge in [-0.1, -0.05) is 66.8 Å². The Bertz CT molecular complexity index is 448. The molecule has 2 unspecified atom stereocenters. The highest BCUT2D eigenvalue weighted by Gasteiger charge is 2.12. The summed E-state index contributed by atoms with van der Waals surface area (Å²) in [5.74, 6) is 0. The predicted octanol–water partition coefficient (Wildman–Crippen LogP) is 3.78. The fourth-order valence-electron chi connectivity index (χ4n) is 2.08. The van der Waals surface area contributed by atoms with Crippen LogP contribution in [0.5, 0.6) is 0 Å². The molecule has 1 aromatic rings. The van der Waals surface area contributed by atoms with Gasteiger partial charge in [0.2, 0.25) is 0 Å². The van der Waals surface area contributed by atoms with Crippen LogP contribution in [0.1, 0.15) is 31.7 Å². The molecule has 0 fully saturated rings. The molecule has 3 N–H and O–H groups in total. The molecule has 2 atom stereocenters. The molecule has 0 heterocycles. The Morgan fingerprint density at radius 3 is 2.52 bits per heavy atom. The minimum Gasteiger partial charge on any atom is -0.392 e. The van der Waals surface area contributed by atoms with Crippen molar-refractivity contribution in [3.8, 4) is 0 Å². The number of hydrogen-bond donors (Lipinski definition) is 2. The molecule has 0 radical (unpaired) electrons. The van der Waals surface area contributed by atoms with Crippen molar-refractivity contribution in [2.75, 3.05) is 0 Å². The summed E-state index contributed by atoms with van der Waals surface area (Å²) >= 11 is 0. The molecule has 0 saturated heterocycles. The van der Waals surface area contributed by atoms with Gasteiger partial charge in [0.05, 0.1) is 6.10 Å². The number of allylic oxidation sites excluding steroid dienone is 5. The highest BCUT2D eigenvalue weighted by Crippen LogP contribution is 2.09. The van der Waals surface area contributed by atoms with E-state index in [1.807, 2.05) is 61.6 Å². The van der Waals surface area contributed by atoms with Crippen LogP contribution >= 0.6 is 0 Å². The van der Waals surface area contributed by atoms with Crippen LogP contribution in [-0.4, -0.2) is 17.3 Å². The monoisotopic (exact) mass is 285 g/mol.